The number of hydrogen-bond acceptors (Lipinski definition) is 4. The molecular weight excluding hydrogens is 297 g/mol. The van der Waals surface area contributed by atoms with Gasteiger partial charge in [0.2, 0.25) is 0 Å². The summed E-state index contributed by atoms with van der Waals surface area (Å²) in [6.07, 6.45) is -0.514. The van der Waals surface area contributed by atoms with Gasteiger partial charge in [-0.1, -0.05) is 6.92 Å². The van der Waals surface area contributed by atoms with Crippen LogP contribution in [0.1, 0.15) is 33.3 Å². The number of amides is 1. The summed E-state index contributed by atoms with van der Waals surface area (Å²) in [5.41, 5.74) is 6.37. The van der Waals surface area contributed by atoms with Gasteiger partial charge < -0.3 is 20.7 Å². The van der Waals surface area contributed by atoms with Gasteiger partial charge in [-0.25, -0.2) is 9.18 Å². The molecule has 0 saturated heterocycles. The van der Waals surface area contributed by atoms with Gasteiger partial charge >= 0.3 is 6.09 Å². The first-order valence-electron chi connectivity index (χ1n) is 7.63. The van der Waals surface area contributed by atoms with Gasteiger partial charge in [0.1, 0.15) is 11.4 Å². The van der Waals surface area contributed by atoms with Crippen molar-refractivity contribution in [1.29, 1.82) is 0 Å². The predicted octanol–water partition coefficient (Wildman–Crippen LogP) is 2.63. The molecule has 0 heterocycles. The van der Waals surface area contributed by atoms with Gasteiger partial charge in [0.15, 0.2) is 0 Å². The molecule has 5 nitrogen and oxygen atoms in total. The lowest BCUT2D eigenvalue weighted by Crippen LogP contribution is -2.45. The van der Waals surface area contributed by atoms with Crippen LogP contribution in [0.2, 0.25) is 0 Å². The summed E-state index contributed by atoms with van der Waals surface area (Å²) in [4.78, 5) is 13.8. The Balaban J connectivity index is 3.01. The third-order valence-corrected chi connectivity index (χ3v) is 3.56. The van der Waals surface area contributed by atoms with E-state index in [4.69, 9.17) is 10.5 Å². The lowest BCUT2D eigenvalue weighted by Gasteiger charge is -2.33. The molecule has 3 N–H and O–H groups in total. The minimum absolute atomic E-state index is 0.253. The Morgan fingerprint density at radius 1 is 1.30 bits per heavy atom. The van der Waals surface area contributed by atoms with Crippen molar-refractivity contribution in [2.75, 3.05) is 32.1 Å². The van der Waals surface area contributed by atoms with Gasteiger partial charge in [-0.05, 0) is 44.5 Å². The lowest BCUT2D eigenvalue weighted by atomic mass is 9.81. The molecule has 1 aromatic carbocycles. The topological polar surface area (TPSA) is 67.6 Å². The summed E-state index contributed by atoms with van der Waals surface area (Å²) in [7, 11) is 3.77. The molecule has 6 heteroatoms. The van der Waals surface area contributed by atoms with Crippen LogP contribution in [-0.2, 0) is 10.2 Å². The van der Waals surface area contributed by atoms with E-state index in [2.05, 4.69) is 5.32 Å². The number of nitrogens with zero attached hydrogens (tertiary/aromatic N) is 1. The first-order chi connectivity index (χ1) is 10.5. The number of nitrogens with one attached hydrogen (secondary N) is 1. The second-order valence-corrected chi connectivity index (χ2v) is 7.18. The number of alkyl carbamates (subject to hydrolysis) is 1. The molecule has 0 fully saturated rings. The van der Waals surface area contributed by atoms with Crippen molar-refractivity contribution in [1.82, 2.24) is 5.32 Å². The van der Waals surface area contributed by atoms with Crippen LogP contribution in [0.4, 0.5) is 14.9 Å². The van der Waals surface area contributed by atoms with E-state index in [9.17, 15) is 9.18 Å². The Morgan fingerprint density at radius 2 is 1.91 bits per heavy atom. The second-order valence-electron chi connectivity index (χ2n) is 7.18. The summed E-state index contributed by atoms with van der Waals surface area (Å²) >= 11 is 0. The number of benzene rings is 1. The number of carbonyl (C=O) groups excluding carboxylic acids is 1. The van der Waals surface area contributed by atoms with Crippen LogP contribution in [0.3, 0.4) is 0 Å². The molecule has 0 aliphatic carbocycles. The van der Waals surface area contributed by atoms with Crippen molar-refractivity contribution in [3.63, 3.8) is 0 Å². The highest BCUT2D eigenvalue weighted by Gasteiger charge is 2.30. The van der Waals surface area contributed by atoms with E-state index in [0.717, 1.165) is 11.3 Å². The number of halogens is 1. The SMILES string of the molecule is CN(C)c1ccc(F)cc1C(C)(CN)CNC(=O)OC(C)(C)C. The smallest absolute Gasteiger partial charge is 0.407 e. The van der Waals surface area contributed by atoms with E-state index in [-0.39, 0.29) is 18.9 Å². The molecule has 1 rings (SSSR count). The third-order valence-electron chi connectivity index (χ3n) is 3.56. The second kappa shape index (κ2) is 7.17. The van der Waals surface area contributed by atoms with Crippen molar-refractivity contribution in [3.8, 4) is 0 Å². The van der Waals surface area contributed by atoms with Crippen LogP contribution in [0.5, 0.6) is 0 Å². The summed E-state index contributed by atoms with van der Waals surface area (Å²) in [6, 6.07) is 4.60. The highest BCUT2D eigenvalue weighted by Crippen LogP contribution is 2.31. The van der Waals surface area contributed by atoms with Crippen LogP contribution in [0.15, 0.2) is 18.2 Å². The maximum atomic E-state index is 13.7. The van der Waals surface area contributed by atoms with Gasteiger partial charge in [-0.3, -0.25) is 0 Å². The van der Waals surface area contributed by atoms with Gasteiger partial charge in [0.05, 0.1) is 0 Å². The molecule has 1 aromatic rings. The summed E-state index contributed by atoms with van der Waals surface area (Å²) in [5, 5.41) is 2.73. The molecule has 23 heavy (non-hydrogen) atoms. The molecule has 1 unspecified atom stereocenters. The van der Waals surface area contributed by atoms with Crippen molar-refractivity contribution < 1.29 is 13.9 Å². The molecule has 0 radical (unpaired) electrons. The van der Waals surface area contributed by atoms with Gasteiger partial charge in [0, 0.05) is 38.3 Å². The van der Waals surface area contributed by atoms with E-state index in [1.165, 1.54) is 12.1 Å². The average molecular weight is 325 g/mol. The summed E-state index contributed by atoms with van der Waals surface area (Å²) in [5.74, 6) is -0.331. The first-order valence-corrected chi connectivity index (χ1v) is 7.63. The molecule has 0 aliphatic rings. The lowest BCUT2D eigenvalue weighted by molar-refractivity contribution is 0.0516. The molecular formula is C17H28FN3O2. The minimum atomic E-state index is -0.612. The van der Waals surface area contributed by atoms with Gasteiger partial charge in [0.25, 0.3) is 0 Å². The monoisotopic (exact) mass is 325 g/mol. The maximum absolute atomic E-state index is 13.7. The van der Waals surface area contributed by atoms with Crippen LogP contribution in [0, 0.1) is 5.82 Å². The normalized spacial score (nSPS) is 14.1. The Labute approximate surface area is 138 Å². The highest BCUT2D eigenvalue weighted by atomic mass is 19.1. The standard InChI is InChI=1S/C17H28FN3O2/c1-16(2,3)23-15(22)20-11-17(4,10-19)13-9-12(18)7-8-14(13)21(5)6/h7-9H,10-11,19H2,1-6H3,(H,20,22). The van der Waals surface area contributed by atoms with Crippen LogP contribution in [-0.4, -0.2) is 38.9 Å². The van der Waals surface area contributed by atoms with E-state index >= 15 is 0 Å². The summed E-state index contributed by atoms with van der Waals surface area (Å²) < 4.78 is 19.0. The third kappa shape index (κ3) is 5.39. The van der Waals surface area contributed by atoms with E-state index in [1.54, 1.807) is 26.8 Å². The number of ether oxygens (including phenoxy) is 1. The zero-order chi connectivity index (χ0) is 17.8. The van der Waals surface area contributed by atoms with Crippen LogP contribution >= 0.6 is 0 Å². The molecule has 0 spiro atoms. The number of rotatable bonds is 5. The molecule has 1 atom stereocenters. The maximum Gasteiger partial charge on any atom is 0.407 e. The Hall–Kier alpha value is -1.82. The van der Waals surface area contributed by atoms with E-state index in [1.807, 2.05) is 25.9 Å². The largest absolute Gasteiger partial charge is 0.444 e. The zero-order valence-electron chi connectivity index (χ0n) is 14.9. The molecule has 130 valence electrons. The molecule has 1 amide bonds. The van der Waals surface area contributed by atoms with Crippen molar-refractivity contribution in [3.05, 3.63) is 29.6 Å². The van der Waals surface area contributed by atoms with Crippen molar-refractivity contribution in [2.45, 2.75) is 38.7 Å². The van der Waals surface area contributed by atoms with Gasteiger partial charge in [-0.2, -0.15) is 0 Å². The summed E-state index contributed by atoms with van der Waals surface area (Å²) in [6.45, 7) is 7.80. The Bertz CT molecular complexity index is 555. The van der Waals surface area contributed by atoms with E-state index in [0.29, 0.717) is 0 Å². The first kappa shape index (κ1) is 19.2. The number of hydrogen-bond donors (Lipinski definition) is 2. The zero-order valence-corrected chi connectivity index (χ0v) is 14.9. The predicted molar refractivity (Wildman–Crippen MR) is 91.4 cm³/mol. The van der Waals surface area contributed by atoms with Crippen molar-refractivity contribution in [2.24, 2.45) is 5.73 Å². The van der Waals surface area contributed by atoms with E-state index < -0.39 is 17.1 Å². The van der Waals surface area contributed by atoms with Crippen LogP contribution in [0.25, 0.3) is 0 Å². The van der Waals surface area contributed by atoms with Gasteiger partial charge in [-0.15, -0.1) is 0 Å². The number of carbonyl (C=O) groups is 1. The number of nitrogens with two attached hydrogens (primary N) is 1. The molecule has 0 saturated carbocycles. The Kier molecular flexibility index (Phi) is 5.99. The Morgan fingerprint density at radius 3 is 2.39 bits per heavy atom. The molecule has 0 aromatic heterocycles. The average Bonchev–Trinajstić information content (AvgIpc) is 2.42. The number of anilines is 1. The fourth-order valence-corrected chi connectivity index (χ4v) is 2.24. The fraction of sp³-hybridized carbons (Fsp3) is 0.588. The minimum Gasteiger partial charge on any atom is -0.444 e. The molecule has 0 aliphatic heterocycles. The fourth-order valence-electron chi connectivity index (χ4n) is 2.24. The van der Waals surface area contributed by atoms with Crippen molar-refractivity contribution >= 4 is 11.8 Å². The quantitative estimate of drug-likeness (QED) is 0.873. The molecule has 0 bridgehead atoms. The van der Waals surface area contributed by atoms with Crippen LogP contribution < -0.4 is 16.0 Å². The highest BCUT2D eigenvalue weighted by molar-refractivity contribution is 5.68.